The molecule has 0 spiro atoms. The van der Waals surface area contributed by atoms with Crippen LogP contribution >= 0.6 is 11.6 Å². The van der Waals surface area contributed by atoms with Gasteiger partial charge in [0.05, 0.1) is 0 Å². The monoisotopic (exact) mass is 284 g/mol. The number of halogens is 1. The van der Waals surface area contributed by atoms with Crippen molar-refractivity contribution in [1.82, 2.24) is 5.32 Å². The third-order valence-electron chi connectivity index (χ3n) is 2.58. The molecule has 4 nitrogen and oxygen atoms in total. The Labute approximate surface area is 119 Å². The maximum Gasteiger partial charge on any atom is 0.258 e. The summed E-state index contributed by atoms with van der Waals surface area (Å²) in [5.74, 6) is 0.0743. The minimum atomic E-state index is -0.688. The maximum atomic E-state index is 11.1. The fourth-order valence-electron chi connectivity index (χ4n) is 1.42. The number of hydrogen-bond donors (Lipinski definition) is 2. The van der Waals surface area contributed by atoms with Crippen LogP contribution in [0.15, 0.2) is 18.2 Å². The van der Waals surface area contributed by atoms with Crippen molar-refractivity contribution in [1.29, 1.82) is 0 Å². The summed E-state index contributed by atoms with van der Waals surface area (Å²) in [7, 11) is 0. The summed E-state index contributed by atoms with van der Waals surface area (Å²) in [6.45, 7) is 8.37. The van der Waals surface area contributed by atoms with Crippen LogP contribution in [0.2, 0.25) is 5.02 Å². The fraction of sp³-hybridized carbons (Fsp3) is 0.500. The number of nitrogens with two attached hydrogens (primary N) is 1. The van der Waals surface area contributed by atoms with Crippen molar-refractivity contribution >= 4 is 17.5 Å². The number of hydrogen-bond acceptors (Lipinski definition) is 3. The van der Waals surface area contributed by atoms with E-state index < -0.39 is 12.0 Å². The van der Waals surface area contributed by atoms with E-state index in [9.17, 15) is 4.79 Å². The molecule has 1 atom stereocenters. The van der Waals surface area contributed by atoms with E-state index in [0.29, 0.717) is 17.3 Å². The molecule has 0 saturated heterocycles. The molecule has 0 aliphatic rings. The van der Waals surface area contributed by atoms with Gasteiger partial charge >= 0.3 is 0 Å². The van der Waals surface area contributed by atoms with Gasteiger partial charge in [-0.1, -0.05) is 17.7 Å². The van der Waals surface area contributed by atoms with Gasteiger partial charge in [0.15, 0.2) is 6.10 Å². The Bertz CT molecular complexity index is 455. The highest BCUT2D eigenvalue weighted by Gasteiger charge is 2.16. The topological polar surface area (TPSA) is 64.3 Å². The van der Waals surface area contributed by atoms with Crippen molar-refractivity contribution in [2.45, 2.75) is 45.9 Å². The second-order valence-electron chi connectivity index (χ2n) is 5.48. The molecule has 0 bridgehead atoms. The third-order valence-corrected chi connectivity index (χ3v) is 2.93. The second-order valence-corrected chi connectivity index (χ2v) is 5.89. The van der Waals surface area contributed by atoms with Crippen LogP contribution < -0.4 is 15.8 Å². The molecule has 1 aromatic rings. The lowest BCUT2D eigenvalue weighted by Crippen LogP contribution is -2.35. The predicted molar refractivity (Wildman–Crippen MR) is 77.3 cm³/mol. The zero-order valence-electron chi connectivity index (χ0n) is 11.8. The summed E-state index contributed by atoms with van der Waals surface area (Å²) in [4.78, 5) is 11.1. The predicted octanol–water partition coefficient (Wildman–Crippen LogP) is 2.48. The van der Waals surface area contributed by atoms with Gasteiger partial charge in [0.25, 0.3) is 5.91 Å². The highest BCUT2D eigenvalue weighted by molar-refractivity contribution is 6.31. The SMILES string of the molecule is CC(Oc1cccc(Cl)c1CNC(C)(C)C)C(N)=O. The molecule has 1 rings (SSSR count). The maximum absolute atomic E-state index is 11.1. The Morgan fingerprint density at radius 3 is 2.63 bits per heavy atom. The van der Waals surface area contributed by atoms with E-state index in [2.05, 4.69) is 26.1 Å². The molecule has 1 aromatic carbocycles. The molecule has 0 aliphatic carbocycles. The van der Waals surface area contributed by atoms with Crippen LogP contribution in [0.5, 0.6) is 5.75 Å². The lowest BCUT2D eigenvalue weighted by atomic mass is 10.1. The Morgan fingerprint density at radius 1 is 1.47 bits per heavy atom. The van der Waals surface area contributed by atoms with Crippen molar-refractivity contribution in [3.63, 3.8) is 0 Å². The first-order valence-corrected chi connectivity index (χ1v) is 6.57. The second kappa shape index (κ2) is 6.26. The highest BCUT2D eigenvalue weighted by Crippen LogP contribution is 2.27. The van der Waals surface area contributed by atoms with Crippen LogP contribution in [0.1, 0.15) is 33.3 Å². The van der Waals surface area contributed by atoms with Crippen LogP contribution in [-0.4, -0.2) is 17.6 Å². The fourth-order valence-corrected chi connectivity index (χ4v) is 1.66. The van der Waals surface area contributed by atoms with Crippen molar-refractivity contribution in [3.8, 4) is 5.75 Å². The molecule has 1 unspecified atom stereocenters. The van der Waals surface area contributed by atoms with Crippen molar-refractivity contribution in [3.05, 3.63) is 28.8 Å². The van der Waals surface area contributed by atoms with Crippen molar-refractivity contribution < 1.29 is 9.53 Å². The number of ether oxygens (including phenoxy) is 1. The van der Waals surface area contributed by atoms with E-state index in [-0.39, 0.29) is 5.54 Å². The summed E-state index contributed by atoms with van der Waals surface area (Å²) >= 11 is 6.19. The molecule has 0 saturated carbocycles. The van der Waals surface area contributed by atoms with Gasteiger partial charge in [-0.3, -0.25) is 4.79 Å². The molecule has 1 amide bonds. The average molecular weight is 285 g/mol. The standard InChI is InChI=1S/C14H21ClN2O2/c1-9(13(16)18)19-12-7-5-6-11(15)10(12)8-17-14(2,3)4/h5-7,9,17H,8H2,1-4H3,(H2,16,18). The van der Waals surface area contributed by atoms with Crippen molar-refractivity contribution in [2.75, 3.05) is 0 Å². The largest absolute Gasteiger partial charge is 0.481 e. The quantitative estimate of drug-likeness (QED) is 0.873. The molecule has 5 heteroatoms. The molecule has 3 N–H and O–H groups in total. The van der Waals surface area contributed by atoms with Gasteiger partial charge in [-0.15, -0.1) is 0 Å². The Balaban J connectivity index is 2.92. The smallest absolute Gasteiger partial charge is 0.258 e. The van der Waals surface area contributed by atoms with Crippen LogP contribution in [0.25, 0.3) is 0 Å². The first-order valence-electron chi connectivity index (χ1n) is 6.19. The van der Waals surface area contributed by atoms with Crippen LogP contribution in [-0.2, 0) is 11.3 Å². The average Bonchev–Trinajstić information content (AvgIpc) is 2.26. The van der Waals surface area contributed by atoms with E-state index in [1.54, 1.807) is 25.1 Å². The first-order chi connectivity index (χ1) is 8.70. The number of benzene rings is 1. The van der Waals surface area contributed by atoms with Gasteiger partial charge < -0.3 is 15.8 Å². The number of carbonyl (C=O) groups is 1. The molecular weight excluding hydrogens is 264 g/mol. The zero-order valence-corrected chi connectivity index (χ0v) is 12.5. The Morgan fingerprint density at radius 2 is 2.11 bits per heavy atom. The van der Waals surface area contributed by atoms with E-state index >= 15 is 0 Å². The summed E-state index contributed by atoms with van der Waals surface area (Å²) in [6, 6.07) is 5.36. The number of rotatable bonds is 5. The minimum Gasteiger partial charge on any atom is -0.481 e. The van der Waals surface area contributed by atoms with Gasteiger partial charge in [-0.25, -0.2) is 0 Å². The lowest BCUT2D eigenvalue weighted by Gasteiger charge is -2.23. The Hall–Kier alpha value is -1.26. The first kappa shape index (κ1) is 15.8. The van der Waals surface area contributed by atoms with Gasteiger partial charge in [-0.05, 0) is 39.8 Å². The molecule has 0 aromatic heterocycles. The van der Waals surface area contributed by atoms with Gasteiger partial charge in [0.1, 0.15) is 5.75 Å². The van der Waals surface area contributed by atoms with E-state index in [1.807, 2.05) is 0 Å². The molecule has 19 heavy (non-hydrogen) atoms. The lowest BCUT2D eigenvalue weighted by molar-refractivity contribution is -0.124. The molecule has 0 heterocycles. The van der Waals surface area contributed by atoms with Crippen LogP contribution in [0.3, 0.4) is 0 Å². The summed E-state index contributed by atoms with van der Waals surface area (Å²) in [5, 5.41) is 3.94. The van der Waals surface area contributed by atoms with E-state index in [0.717, 1.165) is 5.56 Å². The number of nitrogens with one attached hydrogen (secondary N) is 1. The van der Waals surface area contributed by atoms with Crippen LogP contribution in [0.4, 0.5) is 0 Å². The third kappa shape index (κ3) is 5.09. The summed E-state index contributed by atoms with van der Waals surface area (Å²) < 4.78 is 5.55. The van der Waals surface area contributed by atoms with E-state index in [4.69, 9.17) is 22.1 Å². The molecule has 0 radical (unpaired) electrons. The minimum absolute atomic E-state index is 0.0360. The highest BCUT2D eigenvalue weighted by atomic mass is 35.5. The number of carbonyl (C=O) groups excluding carboxylic acids is 1. The normalized spacial score (nSPS) is 13.1. The molecule has 0 fully saturated rings. The van der Waals surface area contributed by atoms with E-state index in [1.165, 1.54) is 0 Å². The molecular formula is C14H21ClN2O2. The van der Waals surface area contributed by atoms with Gasteiger partial charge in [0.2, 0.25) is 0 Å². The molecule has 0 aliphatic heterocycles. The van der Waals surface area contributed by atoms with Gasteiger partial charge in [-0.2, -0.15) is 0 Å². The van der Waals surface area contributed by atoms with Crippen molar-refractivity contribution in [2.24, 2.45) is 5.73 Å². The summed E-state index contributed by atoms with van der Waals surface area (Å²) in [6.07, 6.45) is -0.688. The number of amides is 1. The number of primary amides is 1. The molecule has 106 valence electrons. The summed E-state index contributed by atoms with van der Waals surface area (Å²) in [5.41, 5.74) is 5.99. The van der Waals surface area contributed by atoms with Gasteiger partial charge in [0, 0.05) is 22.7 Å². The van der Waals surface area contributed by atoms with Crippen LogP contribution in [0, 0.1) is 0 Å². The Kier molecular flexibility index (Phi) is 5.20. The zero-order chi connectivity index (χ0) is 14.6.